The molecule has 0 aliphatic carbocycles. The number of fused-ring (bicyclic) bond motifs is 1. The molecule has 2 N–H and O–H groups in total. The minimum Gasteiger partial charge on any atom is -0.467 e. The van der Waals surface area contributed by atoms with Gasteiger partial charge >= 0.3 is 5.97 Å². The molecule has 0 spiro atoms. The number of carbonyl (C=O) groups is 2. The molecule has 0 aliphatic heterocycles. The number of anilines is 2. The van der Waals surface area contributed by atoms with E-state index >= 15 is 0 Å². The lowest BCUT2D eigenvalue weighted by Gasteiger charge is -2.30. The van der Waals surface area contributed by atoms with E-state index in [9.17, 15) is 18.4 Å². The van der Waals surface area contributed by atoms with Gasteiger partial charge in [-0.2, -0.15) is 0 Å². The van der Waals surface area contributed by atoms with E-state index in [2.05, 4.69) is 17.2 Å². The Morgan fingerprint density at radius 1 is 1.02 bits per heavy atom. The Bertz CT molecular complexity index is 1670. The van der Waals surface area contributed by atoms with Crippen LogP contribution >= 0.6 is 0 Å². The summed E-state index contributed by atoms with van der Waals surface area (Å²) in [6.45, 7) is 5.69. The second kappa shape index (κ2) is 13.5. The standard InChI is InChI=1S/C32H32N2O7S/c1-20(2)29(32(36)40-5)34(42(37)38)26-17-13-23(14-18-26)22-11-15-25(16-12-22)33-31(35)30-21(3)28-24(9-7-19-39-4)8-6-10-27(28)41-30/h6,8,10-18,20,29H,19H2,1-5H3,(H,33,35)(H,37,38). The Balaban J connectivity index is 1.52. The molecule has 1 amide bonds. The minimum absolute atomic E-state index is 0.211. The van der Waals surface area contributed by atoms with Crippen molar-refractivity contribution in [3.8, 4) is 23.0 Å². The lowest BCUT2D eigenvalue weighted by Crippen LogP contribution is -2.46. The maximum absolute atomic E-state index is 13.1. The van der Waals surface area contributed by atoms with Gasteiger partial charge in [0.25, 0.3) is 17.2 Å². The quantitative estimate of drug-likeness (QED) is 0.144. The number of nitrogens with one attached hydrogen (secondary N) is 1. The normalized spacial score (nSPS) is 12.4. The van der Waals surface area contributed by atoms with Crippen LogP contribution < -0.4 is 9.62 Å². The fourth-order valence-electron chi connectivity index (χ4n) is 4.67. The highest BCUT2D eigenvalue weighted by atomic mass is 32.2. The molecular formula is C32H32N2O7S. The predicted molar refractivity (Wildman–Crippen MR) is 163 cm³/mol. The average Bonchev–Trinajstić information content (AvgIpc) is 3.33. The van der Waals surface area contributed by atoms with Gasteiger partial charge in [-0.05, 0) is 60.4 Å². The highest BCUT2D eigenvalue weighted by molar-refractivity contribution is 7.80. The molecule has 0 bridgehead atoms. The molecule has 2 unspecified atom stereocenters. The molecule has 9 nitrogen and oxygen atoms in total. The predicted octanol–water partition coefficient (Wildman–Crippen LogP) is 5.80. The number of carbonyl (C=O) groups excluding carboxylic acids is 2. The van der Waals surface area contributed by atoms with Crippen LogP contribution in [-0.2, 0) is 25.5 Å². The number of nitrogens with zero attached hydrogens (tertiary/aromatic N) is 1. The maximum Gasteiger partial charge on any atom is 0.329 e. The van der Waals surface area contributed by atoms with Crippen molar-refractivity contribution in [3.63, 3.8) is 0 Å². The van der Waals surface area contributed by atoms with Crippen molar-refractivity contribution in [2.75, 3.05) is 30.4 Å². The van der Waals surface area contributed by atoms with Crippen LogP contribution in [0.1, 0.15) is 35.5 Å². The Kier molecular flexibility index (Phi) is 9.80. The van der Waals surface area contributed by atoms with Gasteiger partial charge in [-0.15, -0.1) is 0 Å². The third kappa shape index (κ3) is 6.55. The first kappa shape index (κ1) is 30.5. The smallest absolute Gasteiger partial charge is 0.329 e. The van der Waals surface area contributed by atoms with Crippen LogP contribution in [0.4, 0.5) is 11.4 Å². The molecule has 0 fully saturated rings. The molecule has 1 aromatic heterocycles. The molecule has 10 heteroatoms. The molecule has 0 radical (unpaired) electrons. The third-order valence-corrected chi connectivity index (χ3v) is 7.47. The summed E-state index contributed by atoms with van der Waals surface area (Å²) in [7, 11) is 2.83. The Hall–Kier alpha value is -4.43. The van der Waals surface area contributed by atoms with Crippen molar-refractivity contribution in [1.82, 2.24) is 0 Å². The SMILES string of the molecule is COCC#Cc1cccc2oc(C(=O)Nc3ccc(-c4ccc(N(C(C(=O)OC)C(C)C)S(=O)O)cc4)cc3)c(C)c12. The van der Waals surface area contributed by atoms with Crippen LogP contribution in [0, 0.1) is 24.7 Å². The number of hydrogen-bond acceptors (Lipinski definition) is 6. The number of hydrogen-bond donors (Lipinski definition) is 2. The van der Waals surface area contributed by atoms with Gasteiger partial charge in [-0.3, -0.25) is 13.7 Å². The zero-order valence-electron chi connectivity index (χ0n) is 24.0. The zero-order valence-corrected chi connectivity index (χ0v) is 24.8. The lowest BCUT2D eigenvalue weighted by atomic mass is 10.0. The summed E-state index contributed by atoms with van der Waals surface area (Å²) in [6.07, 6.45) is 0. The van der Waals surface area contributed by atoms with Crippen LogP contribution in [0.15, 0.2) is 71.1 Å². The van der Waals surface area contributed by atoms with Crippen molar-refractivity contribution < 1.29 is 32.2 Å². The van der Waals surface area contributed by atoms with Crippen LogP contribution in [0.5, 0.6) is 0 Å². The molecule has 2 atom stereocenters. The Labute approximate surface area is 247 Å². The first-order chi connectivity index (χ1) is 20.2. The van der Waals surface area contributed by atoms with E-state index in [0.717, 1.165) is 26.4 Å². The summed E-state index contributed by atoms with van der Waals surface area (Å²) in [5, 5.41) is 3.68. The molecule has 3 aromatic carbocycles. The van der Waals surface area contributed by atoms with Crippen molar-refractivity contribution in [3.05, 3.63) is 83.6 Å². The first-order valence-electron chi connectivity index (χ1n) is 13.2. The van der Waals surface area contributed by atoms with E-state index in [1.165, 1.54) is 7.11 Å². The highest BCUT2D eigenvalue weighted by Crippen LogP contribution is 2.30. The summed E-state index contributed by atoms with van der Waals surface area (Å²) in [5.74, 6) is 4.98. The first-order valence-corrected chi connectivity index (χ1v) is 14.2. The number of furan rings is 1. The maximum atomic E-state index is 13.1. The molecule has 4 rings (SSSR count). The van der Waals surface area contributed by atoms with Gasteiger partial charge in [0, 0.05) is 29.3 Å². The number of ether oxygens (including phenoxy) is 2. The summed E-state index contributed by atoms with van der Waals surface area (Å²) >= 11 is -2.44. The monoisotopic (exact) mass is 588 g/mol. The molecule has 42 heavy (non-hydrogen) atoms. The molecule has 0 saturated heterocycles. The molecule has 218 valence electrons. The van der Waals surface area contributed by atoms with E-state index in [4.69, 9.17) is 13.9 Å². The van der Waals surface area contributed by atoms with Crippen molar-refractivity contribution in [2.24, 2.45) is 5.92 Å². The summed E-state index contributed by atoms with van der Waals surface area (Å²) in [5.41, 5.74) is 4.74. The molecular weight excluding hydrogens is 556 g/mol. The highest BCUT2D eigenvalue weighted by Gasteiger charge is 2.33. The van der Waals surface area contributed by atoms with Gasteiger partial charge in [0.1, 0.15) is 18.2 Å². The number of benzene rings is 3. The van der Waals surface area contributed by atoms with Crippen molar-refractivity contribution in [1.29, 1.82) is 0 Å². The second-order valence-electron chi connectivity index (χ2n) is 9.82. The number of esters is 1. The topological polar surface area (TPSA) is 118 Å². The summed E-state index contributed by atoms with van der Waals surface area (Å²) < 4.78 is 39.0. The van der Waals surface area contributed by atoms with E-state index in [-0.39, 0.29) is 17.6 Å². The number of rotatable bonds is 9. The summed E-state index contributed by atoms with van der Waals surface area (Å²) in [6, 6.07) is 18.8. The zero-order chi connectivity index (χ0) is 30.4. The molecule has 0 saturated carbocycles. The minimum atomic E-state index is -2.44. The van der Waals surface area contributed by atoms with Crippen LogP contribution in [0.2, 0.25) is 0 Å². The number of amides is 1. The molecule has 4 aromatic rings. The molecule has 1 heterocycles. The van der Waals surface area contributed by atoms with E-state index < -0.39 is 23.3 Å². The Morgan fingerprint density at radius 3 is 2.24 bits per heavy atom. The number of aryl methyl sites for hydroxylation is 1. The number of methoxy groups -OCH3 is 2. The summed E-state index contributed by atoms with van der Waals surface area (Å²) in [4.78, 5) is 25.4. The van der Waals surface area contributed by atoms with Crippen molar-refractivity contribution in [2.45, 2.75) is 26.8 Å². The van der Waals surface area contributed by atoms with Crippen LogP contribution in [0.25, 0.3) is 22.1 Å². The van der Waals surface area contributed by atoms with Crippen LogP contribution in [-0.4, -0.2) is 47.5 Å². The fourth-order valence-corrected chi connectivity index (χ4v) is 5.50. The lowest BCUT2D eigenvalue weighted by molar-refractivity contribution is -0.142. The average molecular weight is 589 g/mol. The van der Waals surface area contributed by atoms with Crippen molar-refractivity contribution >= 4 is 45.5 Å². The van der Waals surface area contributed by atoms with Gasteiger partial charge in [-0.1, -0.05) is 56.0 Å². The van der Waals surface area contributed by atoms with Gasteiger partial charge < -0.3 is 19.2 Å². The van der Waals surface area contributed by atoms with Gasteiger partial charge in [-0.25, -0.2) is 9.00 Å². The van der Waals surface area contributed by atoms with E-state index in [0.29, 0.717) is 29.1 Å². The molecule has 0 aliphatic rings. The third-order valence-electron chi connectivity index (χ3n) is 6.69. The van der Waals surface area contributed by atoms with E-state index in [1.807, 2.05) is 31.2 Å². The largest absolute Gasteiger partial charge is 0.467 e. The van der Waals surface area contributed by atoms with Crippen LogP contribution in [0.3, 0.4) is 0 Å². The van der Waals surface area contributed by atoms with E-state index in [1.54, 1.807) is 63.4 Å². The van der Waals surface area contributed by atoms with Gasteiger partial charge in [0.15, 0.2) is 5.76 Å². The van der Waals surface area contributed by atoms with Gasteiger partial charge in [0.05, 0.1) is 12.8 Å². The Morgan fingerprint density at radius 2 is 1.67 bits per heavy atom. The second-order valence-corrected chi connectivity index (χ2v) is 10.7. The fraction of sp³-hybridized carbons (Fsp3) is 0.250. The van der Waals surface area contributed by atoms with Gasteiger partial charge in [0.2, 0.25) is 0 Å².